The van der Waals surface area contributed by atoms with Crippen molar-refractivity contribution in [3.05, 3.63) is 30.6 Å². The van der Waals surface area contributed by atoms with Crippen LogP contribution < -0.4 is 19.9 Å². The van der Waals surface area contributed by atoms with E-state index in [1.165, 1.54) is 0 Å². The van der Waals surface area contributed by atoms with Crippen LogP contribution in [0.3, 0.4) is 0 Å². The van der Waals surface area contributed by atoms with Crippen LogP contribution in [0.1, 0.15) is 0 Å². The Morgan fingerprint density at radius 3 is 2.48 bits per heavy atom. The zero-order valence-corrected chi connectivity index (χ0v) is 11.6. The molecule has 0 fully saturated rings. The van der Waals surface area contributed by atoms with Gasteiger partial charge >= 0.3 is 0 Å². The molecule has 8 nitrogen and oxygen atoms in total. The summed E-state index contributed by atoms with van der Waals surface area (Å²) in [6.07, 6.45) is 2.28. The zero-order chi connectivity index (χ0) is 14.9. The van der Waals surface area contributed by atoms with E-state index in [4.69, 9.17) is 15.2 Å². The number of sulfonamides is 1. The molecule has 0 radical (unpaired) electrons. The van der Waals surface area contributed by atoms with E-state index >= 15 is 0 Å². The topological polar surface area (TPSA) is 116 Å². The second kappa shape index (κ2) is 5.09. The van der Waals surface area contributed by atoms with E-state index in [2.05, 4.69) is 14.7 Å². The second-order valence-corrected chi connectivity index (χ2v) is 5.92. The number of aromatic nitrogens is 2. The summed E-state index contributed by atoms with van der Waals surface area (Å²) in [5.74, 6) is 1.09. The van der Waals surface area contributed by atoms with Gasteiger partial charge in [-0.3, -0.25) is 4.72 Å². The number of nitrogen functional groups attached to an aromatic ring is 1. The third-order valence-corrected chi connectivity index (χ3v) is 4.09. The monoisotopic (exact) mass is 308 g/mol. The minimum atomic E-state index is -3.78. The molecule has 0 unspecified atom stereocenters. The van der Waals surface area contributed by atoms with Crippen molar-refractivity contribution in [3.8, 4) is 11.5 Å². The molecule has 0 atom stereocenters. The molecule has 0 saturated carbocycles. The fraction of sp³-hybridized carbons (Fsp3) is 0.167. The summed E-state index contributed by atoms with van der Waals surface area (Å²) in [7, 11) is -3.78. The maximum Gasteiger partial charge on any atom is 0.264 e. The summed E-state index contributed by atoms with van der Waals surface area (Å²) in [5.41, 5.74) is 5.69. The number of fused-ring (bicyclic) bond motifs is 1. The van der Waals surface area contributed by atoms with Crippen LogP contribution in [0, 0.1) is 0 Å². The molecule has 21 heavy (non-hydrogen) atoms. The lowest BCUT2D eigenvalue weighted by molar-refractivity contribution is 0.171. The molecule has 2 heterocycles. The van der Waals surface area contributed by atoms with Gasteiger partial charge in [0.1, 0.15) is 18.1 Å². The molecule has 0 amide bonds. The summed E-state index contributed by atoms with van der Waals surface area (Å²) in [6, 6.07) is 4.79. The van der Waals surface area contributed by atoms with Crippen LogP contribution in [-0.4, -0.2) is 31.6 Å². The first kappa shape index (κ1) is 13.4. The summed E-state index contributed by atoms with van der Waals surface area (Å²) < 4.78 is 37.5. The normalized spacial score (nSPS) is 13.7. The summed E-state index contributed by atoms with van der Waals surface area (Å²) in [5, 5.41) is 0. The largest absolute Gasteiger partial charge is 0.486 e. The van der Waals surface area contributed by atoms with Gasteiger partial charge in [-0.25, -0.2) is 18.4 Å². The Bertz CT molecular complexity index is 761. The van der Waals surface area contributed by atoms with Crippen LogP contribution in [0.15, 0.2) is 35.5 Å². The number of hydrogen-bond donors (Lipinski definition) is 2. The molecule has 3 rings (SSSR count). The number of rotatable bonds is 3. The highest BCUT2D eigenvalue weighted by Crippen LogP contribution is 2.33. The van der Waals surface area contributed by atoms with Crippen LogP contribution in [0.4, 0.5) is 11.6 Å². The zero-order valence-electron chi connectivity index (χ0n) is 10.8. The van der Waals surface area contributed by atoms with Gasteiger partial charge in [-0.2, -0.15) is 0 Å². The summed E-state index contributed by atoms with van der Waals surface area (Å²) in [6.45, 7) is 0.899. The van der Waals surface area contributed by atoms with Gasteiger partial charge < -0.3 is 15.2 Å². The first-order valence-corrected chi connectivity index (χ1v) is 7.53. The maximum atomic E-state index is 12.2. The number of hydrogen-bond acceptors (Lipinski definition) is 7. The van der Waals surface area contributed by atoms with E-state index in [9.17, 15) is 8.42 Å². The minimum absolute atomic E-state index is 0.00767. The van der Waals surface area contributed by atoms with E-state index in [-0.39, 0.29) is 10.8 Å². The van der Waals surface area contributed by atoms with Crippen molar-refractivity contribution in [2.45, 2.75) is 4.90 Å². The number of nitrogens with one attached hydrogen (secondary N) is 1. The predicted octanol–water partition coefficient (Wildman–Crippen LogP) is 0.631. The molecule has 2 aromatic rings. The number of benzene rings is 1. The molecule has 1 aliphatic rings. The molecular weight excluding hydrogens is 296 g/mol. The standard InChI is InChI=1S/C12H12N4O4S/c13-12-14-6-9(7-15-12)21(17,18)16-8-1-2-10-11(5-8)20-4-3-19-10/h1-2,5-7,16H,3-4H2,(H2,13,14,15). The van der Waals surface area contributed by atoms with Gasteiger partial charge in [0, 0.05) is 6.07 Å². The fourth-order valence-corrected chi connectivity index (χ4v) is 2.72. The quantitative estimate of drug-likeness (QED) is 0.854. The fourth-order valence-electron chi connectivity index (χ4n) is 1.79. The van der Waals surface area contributed by atoms with Gasteiger partial charge in [-0.05, 0) is 12.1 Å². The number of anilines is 2. The Morgan fingerprint density at radius 2 is 1.76 bits per heavy atom. The lowest BCUT2D eigenvalue weighted by Crippen LogP contribution is -2.17. The van der Waals surface area contributed by atoms with E-state index in [0.29, 0.717) is 30.4 Å². The van der Waals surface area contributed by atoms with Crippen molar-refractivity contribution in [1.29, 1.82) is 0 Å². The van der Waals surface area contributed by atoms with Crippen LogP contribution in [0.25, 0.3) is 0 Å². The second-order valence-electron chi connectivity index (χ2n) is 4.24. The first-order chi connectivity index (χ1) is 10.0. The highest BCUT2D eigenvalue weighted by Gasteiger charge is 2.18. The van der Waals surface area contributed by atoms with Crippen LogP contribution in [0.5, 0.6) is 11.5 Å². The van der Waals surface area contributed by atoms with Gasteiger partial charge in [-0.15, -0.1) is 0 Å². The number of nitrogens with zero attached hydrogens (tertiary/aromatic N) is 2. The average molecular weight is 308 g/mol. The summed E-state index contributed by atoms with van der Waals surface area (Å²) >= 11 is 0. The Kier molecular flexibility index (Phi) is 3.26. The summed E-state index contributed by atoms with van der Waals surface area (Å²) in [4.78, 5) is 7.24. The van der Waals surface area contributed by atoms with Crippen LogP contribution in [-0.2, 0) is 10.0 Å². The van der Waals surface area contributed by atoms with Crippen molar-refractivity contribution in [2.24, 2.45) is 0 Å². The van der Waals surface area contributed by atoms with E-state index in [1.807, 2.05) is 0 Å². The van der Waals surface area contributed by atoms with Crippen molar-refractivity contribution < 1.29 is 17.9 Å². The SMILES string of the molecule is Nc1ncc(S(=O)(=O)Nc2ccc3c(c2)OCCO3)cn1. The highest BCUT2D eigenvalue weighted by atomic mass is 32.2. The Morgan fingerprint density at radius 1 is 1.10 bits per heavy atom. The molecular formula is C12H12N4O4S. The van der Waals surface area contributed by atoms with E-state index in [1.54, 1.807) is 18.2 Å². The molecule has 0 bridgehead atoms. The predicted molar refractivity (Wildman–Crippen MR) is 74.7 cm³/mol. The third kappa shape index (κ3) is 2.82. The lowest BCUT2D eigenvalue weighted by atomic mass is 10.3. The molecule has 0 aliphatic carbocycles. The molecule has 0 spiro atoms. The van der Waals surface area contributed by atoms with Crippen molar-refractivity contribution in [1.82, 2.24) is 9.97 Å². The molecule has 3 N–H and O–H groups in total. The van der Waals surface area contributed by atoms with Gasteiger partial charge in [0.2, 0.25) is 5.95 Å². The van der Waals surface area contributed by atoms with Gasteiger partial charge in [0.05, 0.1) is 18.1 Å². The Balaban J connectivity index is 1.87. The molecule has 9 heteroatoms. The van der Waals surface area contributed by atoms with Gasteiger partial charge in [0.15, 0.2) is 11.5 Å². The van der Waals surface area contributed by atoms with Crippen molar-refractivity contribution in [3.63, 3.8) is 0 Å². The maximum absolute atomic E-state index is 12.2. The van der Waals surface area contributed by atoms with E-state index in [0.717, 1.165) is 12.4 Å². The minimum Gasteiger partial charge on any atom is -0.486 e. The van der Waals surface area contributed by atoms with Crippen molar-refractivity contribution >= 4 is 21.7 Å². The Hall–Kier alpha value is -2.55. The Labute approximate surface area is 121 Å². The van der Waals surface area contributed by atoms with E-state index < -0.39 is 10.0 Å². The molecule has 1 aromatic heterocycles. The van der Waals surface area contributed by atoms with Gasteiger partial charge in [-0.1, -0.05) is 0 Å². The molecule has 1 aliphatic heterocycles. The first-order valence-electron chi connectivity index (χ1n) is 6.04. The highest BCUT2D eigenvalue weighted by molar-refractivity contribution is 7.92. The lowest BCUT2D eigenvalue weighted by Gasteiger charge is -2.19. The smallest absolute Gasteiger partial charge is 0.264 e. The van der Waals surface area contributed by atoms with Crippen molar-refractivity contribution in [2.75, 3.05) is 23.7 Å². The number of nitrogens with two attached hydrogens (primary N) is 1. The van der Waals surface area contributed by atoms with Crippen LogP contribution >= 0.6 is 0 Å². The van der Waals surface area contributed by atoms with Gasteiger partial charge in [0.25, 0.3) is 10.0 Å². The molecule has 1 aromatic carbocycles. The average Bonchev–Trinajstić information content (AvgIpc) is 2.47. The third-order valence-electron chi connectivity index (χ3n) is 2.75. The number of ether oxygens (including phenoxy) is 2. The molecule has 0 saturated heterocycles. The van der Waals surface area contributed by atoms with Crippen LogP contribution in [0.2, 0.25) is 0 Å². The molecule has 110 valence electrons.